The molecule has 9 aromatic rings. The van der Waals surface area contributed by atoms with E-state index in [9.17, 15) is 0 Å². The summed E-state index contributed by atoms with van der Waals surface area (Å²) in [5.41, 5.74) is 14.5. The van der Waals surface area contributed by atoms with E-state index in [1.165, 1.54) is 0 Å². The molecular weight excluding hydrogens is 691 g/mol. The quantitative estimate of drug-likeness (QED) is 0.131. The third-order valence-corrected chi connectivity index (χ3v) is 10.2. The van der Waals surface area contributed by atoms with E-state index in [1.54, 1.807) is 0 Å². The first-order valence-corrected chi connectivity index (χ1v) is 19.4. The largest absolute Gasteiger partial charge is 0.310 e. The third kappa shape index (κ3) is 7.68. The van der Waals surface area contributed by atoms with E-state index in [0.29, 0.717) is 0 Å². The van der Waals surface area contributed by atoms with Crippen molar-refractivity contribution in [2.45, 2.75) is 0 Å². The van der Waals surface area contributed by atoms with E-state index in [1.807, 2.05) is 0 Å². The van der Waals surface area contributed by atoms with Crippen LogP contribution in [0.15, 0.2) is 249 Å². The minimum Gasteiger partial charge on any atom is -0.310 e. The Morgan fingerprint density at radius 2 is 0.333 bits per heavy atom. The summed E-state index contributed by atoms with van der Waals surface area (Å²) in [6.45, 7) is 0. The molecule has 9 aromatic carbocycles. The molecule has 0 aliphatic rings. The van der Waals surface area contributed by atoms with Gasteiger partial charge in [0.1, 0.15) is 0 Å². The topological polar surface area (TPSA) is 9.72 Å². The minimum absolute atomic E-state index is 1.08. The molecular formula is C54H41N3. The Morgan fingerprint density at radius 3 is 0.544 bits per heavy atom. The van der Waals surface area contributed by atoms with Crippen molar-refractivity contribution < 1.29 is 0 Å². The molecule has 0 saturated carbocycles. The maximum Gasteiger partial charge on any atom is 0.0467 e. The zero-order valence-corrected chi connectivity index (χ0v) is 31.5. The second-order valence-corrected chi connectivity index (χ2v) is 13.9. The SMILES string of the molecule is c1ccc(N(c2ccccc2)c2cccc(-c3cccc(N(c4ccccc4)c4cccc(-c5cccc(N(c6ccccc6)c6ccccc6)c5)c4)c3)c2)cc1. The molecule has 0 saturated heterocycles. The van der Waals surface area contributed by atoms with Gasteiger partial charge in [0.25, 0.3) is 0 Å². The highest BCUT2D eigenvalue weighted by molar-refractivity contribution is 5.85. The Morgan fingerprint density at radius 1 is 0.158 bits per heavy atom. The van der Waals surface area contributed by atoms with Gasteiger partial charge in [-0.1, -0.05) is 140 Å². The average Bonchev–Trinajstić information content (AvgIpc) is 3.29. The van der Waals surface area contributed by atoms with Gasteiger partial charge in [0.05, 0.1) is 0 Å². The lowest BCUT2D eigenvalue weighted by atomic mass is 10.0. The first kappa shape index (κ1) is 35.1. The first-order valence-electron chi connectivity index (χ1n) is 19.4. The number of rotatable bonds is 11. The average molecular weight is 732 g/mol. The fourth-order valence-electron chi connectivity index (χ4n) is 7.53. The molecule has 0 atom stereocenters. The molecule has 0 spiro atoms. The molecule has 0 radical (unpaired) electrons. The van der Waals surface area contributed by atoms with Gasteiger partial charge in [0.2, 0.25) is 0 Å². The van der Waals surface area contributed by atoms with Crippen LogP contribution in [-0.2, 0) is 0 Å². The van der Waals surface area contributed by atoms with Gasteiger partial charge >= 0.3 is 0 Å². The predicted molar refractivity (Wildman–Crippen MR) is 241 cm³/mol. The van der Waals surface area contributed by atoms with Crippen molar-refractivity contribution in [3.8, 4) is 22.3 Å². The fraction of sp³-hybridized carbons (Fsp3) is 0. The van der Waals surface area contributed by atoms with Gasteiger partial charge in [-0.15, -0.1) is 0 Å². The molecule has 0 aliphatic heterocycles. The van der Waals surface area contributed by atoms with Gasteiger partial charge in [-0.2, -0.15) is 0 Å². The molecule has 0 N–H and O–H groups in total. The van der Waals surface area contributed by atoms with Crippen molar-refractivity contribution in [1.82, 2.24) is 0 Å². The highest BCUT2D eigenvalue weighted by atomic mass is 15.2. The summed E-state index contributed by atoms with van der Waals surface area (Å²) in [4.78, 5) is 6.97. The fourth-order valence-corrected chi connectivity index (χ4v) is 7.53. The lowest BCUT2D eigenvalue weighted by molar-refractivity contribution is 1.27. The number of hydrogen-bond donors (Lipinski definition) is 0. The monoisotopic (exact) mass is 731 g/mol. The molecule has 0 heterocycles. The van der Waals surface area contributed by atoms with Crippen molar-refractivity contribution >= 4 is 51.2 Å². The molecule has 57 heavy (non-hydrogen) atoms. The molecule has 0 bridgehead atoms. The number of hydrogen-bond acceptors (Lipinski definition) is 3. The van der Waals surface area contributed by atoms with Crippen molar-refractivity contribution in [1.29, 1.82) is 0 Å². The van der Waals surface area contributed by atoms with E-state index in [-0.39, 0.29) is 0 Å². The molecule has 0 amide bonds. The van der Waals surface area contributed by atoms with E-state index in [2.05, 4.69) is 263 Å². The molecule has 9 rings (SSSR count). The predicted octanol–water partition coefficient (Wildman–Crippen LogP) is 15.4. The second kappa shape index (κ2) is 16.4. The standard InChI is InChI=1S/C54H41N3/c1-6-24-46(25-7-1)55(47-26-8-2-9-27-47)51-34-16-20-42(38-51)44-22-18-36-53(40-44)57(50-32-14-5-15-33-50)54-37-19-23-45(41-54)43-21-17-35-52(39-43)56(48-28-10-3-11-29-48)49-30-12-4-13-31-49/h1-41H. The van der Waals surface area contributed by atoms with Crippen molar-refractivity contribution in [2.24, 2.45) is 0 Å². The second-order valence-electron chi connectivity index (χ2n) is 13.9. The van der Waals surface area contributed by atoms with Crippen LogP contribution in [0.25, 0.3) is 22.3 Å². The Kier molecular flexibility index (Phi) is 10.1. The van der Waals surface area contributed by atoms with Crippen LogP contribution in [0.5, 0.6) is 0 Å². The summed E-state index contributed by atoms with van der Waals surface area (Å²) in [6, 6.07) is 88.2. The maximum atomic E-state index is 2.35. The lowest BCUT2D eigenvalue weighted by Crippen LogP contribution is -2.10. The summed E-state index contributed by atoms with van der Waals surface area (Å²) >= 11 is 0. The minimum atomic E-state index is 1.08. The molecule has 0 aliphatic carbocycles. The number of para-hydroxylation sites is 5. The molecule has 0 unspecified atom stereocenters. The van der Waals surface area contributed by atoms with Crippen LogP contribution in [0, 0.1) is 0 Å². The van der Waals surface area contributed by atoms with Crippen LogP contribution >= 0.6 is 0 Å². The Bertz CT molecular complexity index is 2430. The van der Waals surface area contributed by atoms with E-state index < -0.39 is 0 Å². The summed E-state index contributed by atoms with van der Waals surface area (Å²) < 4.78 is 0. The van der Waals surface area contributed by atoms with Crippen molar-refractivity contribution in [3.63, 3.8) is 0 Å². The van der Waals surface area contributed by atoms with Gasteiger partial charge in [-0.25, -0.2) is 0 Å². The Labute approximate surface area is 335 Å². The number of anilines is 9. The van der Waals surface area contributed by atoms with Crippen LogP contribution < -0.4 is 14.7 Å². The molecule has 0 fully saturated rings. The highest BCUT2D eigenvalue weighted by Crippen LogP contribution is 2.41. The van der Waals surface area contributed by atoms with E-state index >= 15 is 0 Å². The van der Waals surface area contributed by atoms with Gasteiger partial charge in [-0.3, -0.25) is 0 Å². The van der Waals surface area contributed by atoms with E-state index in [0.717, 1.165) is 73.4 Å². The molecule has 3 nitrogen and oxygen atoms in total. The summed E-state index contributed by atoms with van der Waals surface area (Å²) in [5.74, 6) is 0. The van der Waals surface area contributed by atoms with Gasteiger partial charge in [0.15, 0.2) is 0 Å². The zero-order valence-electron chi connectivity index (χ0n) is 31.5. The normalized spacial score (nSPS) is 10.8. The Balaban J connectivity index is 1.09. The number of benzene rings is 9. The third-order valence-electron chi connectivity index (χ3n) is 10.2. The van der Waals surface area contributed by atoms with Crippen LogP contribution in [0.3, 0.4) is 0 Å². The molecule has 3 heteroatoms. The lowest BCUT2D eigenvalue weighted by Gasteiger charge is -2.27. The zero-order chi connectivity index (χ0) is 38.2. The maximum absolute atomic E-state index is 2.35. The van der Waals surface area contributed by atoms with Crippen LogP contribution in [0.1, 0.15) is 0 Å². The van der Waals surface area contributed by atoms with Crippen LogP contribution in [0.4, 0.5) is 51.2 Å². The van der Waals surface area contributed by atoms with Crippen molar-refractivity contribution in [3.05, 3.63) is 249 Å². The van der Waals surface area contributed by atoms with Gasteiger partial charge < -0.3 is 14.7 Å². The molecule has 0 aromatic heterocycles. The van der Waals surface area contributed by atoms with Crippen LogP contribution in [-0.4, -0.2) is 0 Å². The molecule has 272 valence electrons. The van der Waals surface area contributed by atoms with Crippen molar-refractivity contribution in [2.75, 3.05) is 14.7 Å². The summed E-state index contributed by atoms with van der Waals surface area (Å²) in [7, 11) is 0. The highest BCUT2D eigenvalue weighted by Gasteiger charge is 2.17. The summed E-state index contributed by atoms with van der Waals surface area (Å²) in [6.07, 6.45) is 0. The van der Waals surface area contributed by atoms with Gasteiger partial charge in [0, 0.05) is 51.2 Å². The van der Waals surface area contributed by atoms with E-state index in [4.69, 9.17) is 0 Å². The first-order chi connectivity index (χ1) is 28.3. The number of nitrogens with zero attached hydrogens (tertiary/aromatic N) is 3. The summed E-state index contributed by atoms with van der Waals surface area (Å²) in [5, 5.41) is 0. The van der Waals surface area contributed by atoms with Crippen LogP contribution in [0.2, 0.25) is 0 Å². The smallest absolute Gasteiger partial charge is 0.0467 e. The Hall–Kier alpha value is -7.62. The van der Waals surface area contributed by atoms with Gasteiger partial charge in [-0.05, 0) is 131 Å².